The van der Waals surface area contributed by atoms with Gasteiger partial charge in [0.2, 0.25) is 15.9 Å². The van der Waals surface area contributed by atoms with Crippen LogP contribution in [-0.4, -0.2) is 68.1 Å². The van der Waals surface area contributed by atoms with E-state index < -0.39 is 26.9 Å². The molecule has 1 heterocycles. The fourth-order valence-corrected chi connectivity index (χ4v) is 4.98. The first-order valence-corrected chi connectivity index (χ1v) is 14.8. The molecule has 1 fully saturated rings. The molecule has 1 aliphatic rings. The number of sulfonamides is 1. The summed E-state index contributed by atoms with van der Waals surface area (Å²) in [5.74, 6) is -0.343. The summed E-state index contributed by atoms with van der Waals surface area (Å²) < 4.78 is 27.6. The molecule has 5 N–H and O–H groups in total. The van der Waals surface area contributed by atoms with Crippen LogP contribution >= 0.6 is 0 Å². The van der Waals surface area contributed by atoms with E-state index in [0.29, 0.717) is 38.3 Å². The molecule has 9 nitrogen and oxygen atoms in total. The first-order valence-electron chi connectivity index (χ1n) is 13.2. The topological polar surface area (TPSA) is 126 Å². The van der Waals surface area contributed by atoms with Gasteiger partial charge in [0.25, 0.3) is 5.91 Å². The van der Waals surface area contributed by atoms with E-state index in [1.165, 1.54) is 5.56 Å². The van der Waals surface area contributed by atoms with Gasteiger partial charge in [0.15, 0.2) is 5.54 Å². The van der Waals surface area contributed by atoms with Gasteiger partial charge in [-0.1, -0.05) is 42.5 Å². The van der Waals surface area contributed by atoms with Crippen molar-refractivity contribution in [1.29, 1.82) is 0 Å². The van der Waals surface area contributed by atoms with Gasteiger partial charge in [-0.25, -0.2) is 8.42 Å². The number of carbonyl (C=O) groups is 2. The number of nitrogens with zero attached hydrogens (tertiary/aromatic N) is 2. The monoisotopic (exact) mass is 544 g/mol. The number of anilines is 2. The number of rotatable bonds is 11. The third kappa shape index (κ3) is 7.94. The summed E-state index contributed by atoms with van der Waals surface area (Å²) in [5, 5.41) is 2.39. The number of aryl methyl sites for hydroxylation is 1. The molecule has 38 heavy (non-hydrogen) atoms. The van der Waals surface area contributed by atoms with E-state index in [0.717, 1.165) is 18.5 Å². The zero-order valence-corrected chi connectivity index (χ0v) is 23.8. The molecule has 0 radical (unpaired) electrons. The van der Waals surface area contributed by atoms with Crippen LogP contribution in [0.5, 0.6) is 0 Å². The summed E-state index contributed by atoms with van der Waals surface area (Å²) in [4.78, 5) is 30.2. The summed E-state index contributed by atoms with van der Waals surface area (Å²) in [6.45, 7) is 8.80. The second-order valence-electron chi connectivity index (χ2n) is 10.8. The van der Waals surface area contributed by atoms with Gasteiger partial charge >= 0.3 is 0 Å². The zero-order valence-electron chi connectivity index (χ0n) is 22.9. The number of nitrogens with one attached hydrogen (secondary N) is 2. The number of carbonyl (C=O) groups excluding carboxylic acids is 2. The third-order valence-corrected chi connectivity index (χ3v) is 8.47. The highest BCUT2D eigenvalue weighted by Crippen LogP contribution is 2.28. The van der Waals surface area contributed by atoms with Gasteiger partial charge in [0, 0.05) is 26.2 Å². The maximum absolute atomic E-state index is 13.6. The van der Waals surface area contributed by atoms with Crippen molar-refractivity contribution < 1.29 is 23.7 Å². The number of hydrogen-bond donors (Lipinski definition) is 3. The minimum atomic E-state index is -3.49. The van der Waals surface area contributed by atoms with Crippen LogP contribution in [0.4, 0.5) is 11.4 Å². The molecule has 1 aliphatic heterocycles. The maximum Gasteiger partial charge on any atom is 0.281 e. The third-order valence-electron chi connectivity index (χ3n) is 6.73. The molecule has 3 rings (SSSR count). The Hall–Kier alpha value is -3.11. The number of piperazine rings is 1. The smallest absolute Gasteiger partial charge is 0.281 e. The lowest BCUT2D eigenvalue weighted by atomic mass is 10.0. The van der Waals surface area contributed by atoms with Crippen molar-refractivity contribution >= 4 is 33.2 Å². The molecule has 0 saturated carbocycles. The average molecular weight is 545 g/mol. The van der Waals surface area contributed by atoms with E-state index in [9.17, 15) is 18.0 Å². The van der Waals surface area contributed by atoms with E-state index in [2.05, 4.69) is 32.8 Å². The molecule has 208 valence electrons. The summed E-state index contributed by atoms with van der Waals surface area (Å²) in [7, 11) is -3.49. The minimum Gasteiger partial charge on any atom is -0.366 e. The number of hydrogen-bond acceptors (Lipinski definition) is 5. The second-order valence-corrected chi connectivity index (χ2v) is 13.1. The predicted molar refractivity (Wildman–Crippen MR) is 151 cm³/mol. The number of benzene rings is 2. The van der Waals surface area contributed by atoms with Crippen LogP contribution in [0.2, 0.25) is 0 Å². The predicted octanol–water partition coefficient (Wildman–Crippen LogP) is 2.01. The van der Waals surface area contributed by atoms with Gasteiger partial charge in [-0.3, -0.25) is 14.3 Å². The summed E-state index contributed by atoms with van der Waals surface area (Å²) in [6, 6.07) is 16.8. The van der Waals surface area contributed by atoms with Crippen LogP contribution < -0.4 is 20.7 Å². The summed E-state index contributed by atoms with van der Waals surface area (Å²) in [6.07, 6.45) is 2.13. The molecule has 0 spiro atoms. The Morgan fingerprint density at radius 2 is 1.58 bits per heavy atom. The molecular weight excluding hydrogens is 502 g/mol. The molecule has 2 aromatic rings. The Morgan fingerprint density at radius 1 is 0.974 bits per heavy atom. The Morgan fingerprint density at radius 3 is 2.18 bits per heavy atom. The van der Waals surface area contributed by atoms with Gasteiger partial charge in [0.05, 0.1) is 16.6 Å². The molecule has 0 aromatic heterocycles. The van der Waals surface area contributed by atoms with Crippen LogP contribution in [0.15, 0.2) is 54.6 Å². The van der Waals surface area contributed by atoms with E-state index in [4.69, 9.17) is 0 Å². The van der Waals surface area contributed by atoms with E-state index in [1.54, 1.807) is 44.7 Å². The van der Waals surface area contributed by atoms with Crippen molar-refractivity contribution in [2.24, 2.45) is 0 Å². The van der Waals surface area contributed by atoms with Crippen molar-refractivity contribution in [3.8, 4) is 0 Å². The van der Waals surface area contributed by atoms with Gasteiger partial charge in [-0.2, -0.15) is 0 Å². The van der Waals surface area contributed by atoms with Crippen molar-refractivity contribution in [2.75, 3.05) is 35.8 Å². The van der Waals surface area contributed by atoms with E-state index in [1.807, 2.05) is 30.3 Å². The first-order chi connectivity index (χ1) is 17.9. The lowest BCUT2D eigenvalue weighted by molar-refractivity contribution is -0.446. The van der Waals surface area contributed by atoms with E-state index >= 15 is 0 Å². The molecular formula is C28H42N5O4S+. The highest BCUT2D eigenvalue weighted by atomic mass is 32.2. The Balaban J connectivity index is 1.67. The van der Waals surface area contributed by atoms with Crippen molar-refractivity contribution in [2.45, 2.75) is 63.8 Å². The van der Waals surface area contributed by atoms with Gasteiger partial charge in [-0.05, 0) is 64.7 Å². The average Bonchev–Trinajstić information content (AvgIpc) is 2.88. The van der Waals surface area contributed by atoms with Gasteiger partial charge in [-0.15, -0.1) is 0 Å². The highest BCUT2D eigenvalue weighted by Gasteiger charge is 2.34. The second kappa shape index (κ2) is 12.6. The van der Waals surface area contributed by atoms with Gasteiger partial charge < -0.3 is 20.9 Å². The molecule has 10 heteroatoms. The number of quaternary nitrogens is 1. The molecule has 0 aliphatic carbocycles. The normalized spacial score (nSPS) is 15.3. The quantitative estimate of drug-likeness (QED) is 0.399. The van der Waals surface area contributed by atoms with Crippen LogP contribution in [0.3, 0.4) is 0 Å². The lowest BCUT2D eigenvalue weighted by Gasteiger charge is -2.38. The molecule has 1 saturated heterocycles. The van der Waals surface area contributed by atoms with Crippen LogP contribution in [0.25, 0.3) is 0 Å². The standard InChI is InChI=1S/C28H41N5O4S/c1-21(2)38(36,37)31-23-14-8-9-16-25(23)32-17-19-33(20-18-32)26(34)24(30-27(35)28(3,4)29)15-10-13-22-11-6-5-7-12-22/h5-9,11-12,14,16,21,24,31H,10,13,15,17-20,29H2,1-4H3,(H,30,35)/p+1/t24-/m1/s1. The maximum atomic E-state index is 13.6. The fraction of sp³-hybridized carbons (Fsp3) is 0.500. The van der Waals surface area contributed by atoms with Crippen molar-refractivity contribution in [3.05, 3.63) is 60.2 Å². The van der Waals surface area contributed by atoms with Crippen LogP contribution in [0.1, 0.15) is 46.1 Å². The van der Waals surface area contributed by atoms with Crippen LogP contribution in [0, 0.1) is 0 Å². The minimum absolute atomic E-state index is 0.0934. The molecule has 0 unspecified atom stereocenters. The zero-order chi connectivity index (χ0) is 27.9. The number of para-hydroxylation sites is 2. The summed E-state index contributed by atoms with van der Waals surface area (Å²) >= 11 is 0. The first kappa shape index (κ1) is 29.4. The van der Waals surface area contributed by atoms with Gasteiger partial charge in [0.1, 0.15) is 6.04 Å². The molecule has 2 aromatic carbocycles. The fourth-order valence-electron chi connectivity index (χ4n) is 4.26. The Labute approximate surface area is 226 Å². The highest BCUT2D eigenvalue weighted by molar-refractivity contribution is 7.93. The Bertz CT molecular complexity index is 1190. The van der Waals surface area contributed by atoms with Crippen LogP contribution in [-0.2, 0) is 26.0 Å². The SMILES string of the molecule is CC(C)S(=O)(=O)Nc1ccccc1N1CCN(C(=O)[C@@H](CCCc2ccccc2)NC(=O)C(C)(C)[NH3+])CC1. The molecule has 1 atom stereocenters. The van der Waals surface area contributed by atoms with Crippen molar-refractivity contribution in [3.63, 3.8) is 0 Å². The number of amides is 2. The molecule has 0 bridgehead atoms. The van der Waals surface area contributed by atoms with Crippen molar-refractivity contribution in [1.82, 2.24) is 10.2 Å². The Kier molecular flexibility index (Phi) is 9.78. The summed E-state index contributed by atoms with van der Waals surface area (Å²) in [5.41, 5.74) is 5.59. The lowest BCUT2D eigenvalue weighted by Crippen LogP contribution is -2.76. The van der Waals surface area contributed by atoms with E-state index in [-0.39, 0.29) is 11.8 Å². The molecule has 2 amide bonds. The largest absolute Gasteiger partial charge is 0.366 e.